The summed E-state index contributed by atoms with van der Waals surface area (Å²) in [6.45, 7) is 8.06. The first-order chi connectivity index (χ1) is 9.71. The van der Waals surface area contributed by atoms with Gasteiger partial charge < -0.3 is 0 Å². The van der Waals surface area contributed by atoms with Gasteiger partial charge >= 0.3 is 0 Å². The number of aliphatic imine (C=N–C) groups is 1. The molecule has 1 saturated carbocycles. The molecular formula is C16H21ClN2OS. The van der Waals surface area contributed by atoms with Crippen LogP contribution in [0.4, 0.5) is 5.69 Å². The first-order valence-electron chi connectivity index (χ1n) is 7.29. The fourth-order valence-electron chi connectivity index (χ4n) is 3.08. The van der Waals surface area contributed by atoms with Crippen molar-refractivity contribution in [1.82, 2.24) is 4.72 Å². The molecule has 1 aromatic rings. The second-order valence-corrected chi connectivity index (χ2v) is 9.51. The summed E-state index contributed by atoms with van der Waals surface area (Å²) in [4.78, 5) is 4.80. The van der Waals surface area contributed by atoms with Crippen molar-refractivity contribution in [1.29, 1.82) is 0 Å². The van der Waals surface area contributed by atoms with E-state index in [4.69, 9.17) is 16.6 Å². The maximum absolute atomic E-state index is 12.5. The van der Waals surface area contributed by atoms with Crippen LogP contribution in [0.3, 0.4) is 0 Å². The van der Waals surface area contributed by atoms with E-state index >= 15 is 0 Å². The van der Waals surface area contributed by atoms with E-state index in [0.717, 1.165) is 29.3 Å². The molecule has 114 valence electrons. The Hall–Kier alpha value is -0.710. The molecule has 5 heteroatoms. The Morgan fingerprint density at radius 2 is 2.14 bits per heavy atom. The molecule has 1 aliphatic heterocycles. The van der Waals surface area contributed by atoms with Gasteiger partial charge in [0.1, 0.15) is 0 Å². The van der Waals surface area contributed by atoms with Gasteiger partial charge in [0.2, 0.25) is 0 Å². The lowest BCUT2D eigenvalue weighted by Gasteiger charge is -2.30. The molecule has 2 aliphatic rings. The minimum atomic E-state index is -1.10. The quantitative estimate of drug-likeness (QED) is 0.873. The molecule has 1 unspecified atom stereocenters. The minimum Gasteiger partial charge on any atom is -0.255 e. The van der Waals surface area contributed by atoms with E-state index < -0.39 is 11.0 Å². The number of rotatable bonds is 2. The topological polar surface area (TPSA) is 41.5 Å². The Morgan fingerprint density at radius 3 is 2.81 bits per heavy atom. The van der Waals surface area contributed by atoms with Crippen molar-refractivity contribution in [2.75, 3.05) is 0 Å². The van der Waals surface area contributed by atoms with E-state index in [1.54, 1.807) is 0 Å². The third-order valence-electron chi connectivity index (χ3n) is 4.31. The smallest absolute Gasteiger partial charge is 0.0978 e. The molecule has 3 atom stereocenters. The summed E-state index contributed by atoms with van der Waals surface area (Å²) in [5.41, 5.74) is 3.03. The highest BCUT2D eigenvalue weighted by Crippen LogP contribution is 2.48. The summed E-state index contributed by atoms with van der Waals surface area (Å²) in [7, 11) is -1.10. The van der Waals surface area contributed by atoms with Crippen molar-refractivity contribution in [3.63, 3.8) is 0 Å². The largest absolute Gasteiger partial charge is 0.255 e. The van der Waals surface area contributed by atoms with Crippen molar-refractivity contribution in [2.45, 2.75) is 56.7 Å². The molecule has 0 radical (unpaired) electrons. The van der Waals surface area contributed by atoms with Gasteiger partial charge in [-0.1, -0.05) is 11.6 Å². The molecule has 0 aromatic heterocycles. The zero-order valence-electron chi connectivity index (χ0n) is 12.9. The molecule has 21 heavy (non-hydrogen) atoms. The number of hydrogen-bond acceptors (Lipinski definition) is 2. The van der Waals surface area contributed by atoms with E-state index in [2.05, 4.69) is 11.6 Å². The Kier molecular flexibility index (Phi) is 3.55. The van der Waals surface area contributed by atoms with Crippen LogP contribution in [0.15, 0.2) is 23.2 Å². The summed E-state index contributed by atoms with van der Waals surface area (Å²) in [5, 5.41) is 0.755. The Balaban J connectivity index is 1.91. The van der Waals surface area contributed by atoms with Gasteiger partial charge in [0.25, 0.3) is 0 Å². The van der Waals surface area contributed by atoms with E-state index in [1.807, 2.05) is 39.0 Å². The molecule has 0 spiro atoms. The van der Waals surface area contributed by atoms with Gasteiger partial charge in [0, 0.05) is 16.7 Å². The Labute approximate surface area is 133 Å². The number of nitrogens with zero attached hydrogens (tertiary/aromatic N) is 1. The summed E-state index contributed by atoms with van der Waals surface area (Å²) >= 11 is 6.11. The van der Waals surface area contributed by atoms with Gasteiger partial charge in [0.05, 0.1) is 27.0 Å². The maximum Gasteiger partial charge on any atom is 0.0978 e. The van der Waals surface area contributed by atoms with Crippen LogP contribution >= 0.6 is 11.6 Å². The number of halogens is 1. The fraction of sp³-hybridized carbons (Fsp3) is 0.562. The van der Waals surface area contributed by atoms with Gasteiger partial charge in [0.15, 0.2) is 0 Å². The van der Waals surface area contributed by atoms with Crippen LogP contribution in [0, 0.1) is 0 Å². The average Bonchev–Trinajstić information content (AvgIpc) is 2.87. The Morgan fingerprint density at radius 1 is 1.43 bits per heavy atom. The lowest BCUT2D eigenvalue weighted by Crippen LogP contribution is -2.51. The molecule has 1 heterocycles. The monoisotopic (exact) mass is 324 g/mol. The summed E-state index contributed by atoms with van der Waals surface area (Å²) in [6.07, 6.45) is 1.97. The second kappa shape index (κ2) is 4.90. The van der Waals surface area contributed by atoms with Crippen molar-refractivity contribution < 1.29 is 4.21 Å². The first kappa shape index (κ1) is 15.2. The number of fused-ring (bicyclic) bond motifs is 3. The lowest BCUT2D eigenvalue weighted by atomic mass is 9.94. The average molecular weight is 325 g/mol. The van der Waals surface area contributed by atoms with Gasteiger partial charge in [-0.2, -0.15) is 0 Å². The van der Waals surface area contributed by atoms with Gasteiger partial charge in [-0.15, -0.1) is 0 Å². The normalized spacial score (nSPS) is 29.0. The molecule has 1 aliphatic carbocycles. The van der Waals surface area contributed by atoms with Gasteiger partial charge in [-0.05, 0) is 64.3 Å². The first-order valence-corrected chi connectivity index (χ1v) is 8.82. The van der Waals surface area contributed by atoms with Crippen molar-refractivity contribution in [2.24, 2.45) is 4.99 Å². The molecule has 0 saturated heterocycles. The standard InChI is InChI=1S/C16H21ClN2OS/c1-15(2,3)21(20)19-16(4)8-7-11-12-9-10(17)5-6-13(12)18-14(11)16/h5-6,9,11,19H,7-8H2,1-4H3/t11-,16+,21?/m0/s1. The van der Waals surface area contributed by atoms with E-state index in [0.29, 0.717) is 5.92 Å². The molecule has 0 amide bonds. The van der Waals surface area contributed by atoms with E-state index in [1.165, 1.54) is 5.56 Å². The molecular weight excluding hydrogens is 304 g/mol. The van der Waals surface area contributed by atoms with Crippen LogP contribution in [0.25, 0.3) is 0 Å². The second-order valence-electron chi connectivity index (χ2n) is 7.11. The van der Waals surface area contributed by atoms with Crippen LogP contribution in [-0.2, 0) is 11.0 Å². The summed E-state index contributed by atoms with van der Waals surface area (Å²) in [6, 6.07) is 5.87. The SMILES string of the molecule is CC(C)(C)S(=O)N[C@]1(C)CC[C@@H]2C1=Nc1ccc(Cl)cc12. The zero-order valence-corrected chi connectivity index (χ0v) is 14.4. The van der Waals surface area contributed by atoms with Crippen LogP contribution < -0.4 is 4.72 Å². The Bertz CT molecular complexity index is 650. The third-order valence-corrected chi connectivity index (χ3v) is 6.29. The van der Waals surface area contributed by atoms with E-state index in [-0.39, 0.29) is 10.3 Å². The molecule has 3 nitrogen and oxygen atoms in total. The predicted octanol–water partition coefficient (Wildman–Crippen LogP) is 4.11. The highest BCUT2D eigenvalue weighted by atomic mass is 35.5. The molecule has 1 N–H and O–H groups in total. The van der Waals surface area contributed by atoms with Crippen LogP contribution in [0.1, 0.15) is 52.0 Å². The highest BCUT2D eigenvalue weighted by molar-refractivity contribution is 7.84. The number of hydrogen-bond donors (Lipinski definition) is 1. The van der Waals surface area contributed by atoms with Crippen molar-refractivity contribution in [3.8, 4) is 0 Å². The van der Waals surface area contributed by atoms with Crippen LogP contribution in [0.5, 0.6) is 0 Å². The summed E-state index contributed by atoms with van der Waals surface area (Å²) < 4.78 is 15.5. The highest BCUT2D eigenvalue weighted by Gasteiger charge is 2.47. The number of nitrogens with one attached hydrogen (secondary N) is 1. The predicted molar refractivity (Wildman–Crippen MR) is 90.0 cm³/mol. The minimum absolute atomic E-state index is 0.281. The third kappa shape index (κ3) is 2.58. The molecule has 1 aromatic carbocycles. The van der Waals surface area contributed by atoms with Crippen LogP contribution in [0.2, 0.25) is 5.02 Å². The maximum atomic E-state index is 12.5. The summed E-state index contributed by atoms with van der Waals surface area (Å²) in [5.74, 6) is 0.313. The van der Waals surface area contributed by atoms with Crippen molar-refractivity contribution >= 4 is 34.0 Å². The van der Waals surface area contributed by atoms with Crippen LogP contribution in [-0.4, -0.2) is 20.2 Å². The lowest BCUT2D eigenvalue weighted by molar-refractivity contribution is 0.534. The zero-order chi connectivity index (χ0) is 15.4. The molecule has 3 rings (SSSR count). The molecule has 0 bridgehead atoms. The fourth-order valence-corrected chi connectivity index (χ4v) is 4.19. The van der Waals surface area contributed by atoms with E-state index in [9.17, 15) is 4.21 Å². The van der Waals surface area contributed by atoms with Gasteiger partial charge in [-0.3, -0.25) is 4.99 Å². The number of benzene rings is 1. The van der Waals surface area contributed by atoms with Crippen molar-refractivity contribution in [3.05, 3.63) is 28.8 Å². The molecule has 1 fully saturated rings. The van der Waals surface area contributed by atoms with Gasteiger partial charge in [-0.25, -0.2) is 8.93 Å².